The van der Waals surface area contributed by atoms with Gasteiger partial charge in [-0.2, -0.15) is 0 Å². The summed E-state index contributed by atoms with van der Waals surface area (Å²) in [5.74, 6) is 0. The minimum absolute atomic E-state index is 0.0239. The molecule has 0 saturated heterocycles. The highest BCUT2D eigenvalue weighted by atomic mass is 16.5. The minimum Gasteiger partial charge on any atom is -0.373 e. The van der Waals surface area contributed by atoms with E-state index in [4.69, 9.17) is 4.74 Å². The van der Waals surface area contributed by atoms with E-state index in [9.17, 15) is 0 Å². The van der Waals surface area contributed by atoms with Crippen LogP contribution in [0.1, 0.15) is 54.4 Å². The Morgan fingerprint density at radius 2 is 1.79 bits per heavy atom. The molecule has 0 rings (SSSR count). The molecule has 2 atom stereocenters. The highest BCUT2D eigenvalue weighted by Gasteiger charge is 2.16. The van der Waals surface area contributed by atoms with E-state index in [0.717, 1.165) is 13.0 Å². The first kappa shape index (κ1) is 13.9. The molecule has 0 spiro atoms. The van der Waals surface area contributed by atoms with Crippen LogP contribution in [0, 0.1) is 0 Å². The fourth-order valence-corrected chi connectivity index (χ4v) is 1.62. The number of hydrogen-bond donors (Lipinski definition) is 1. The standard InChI is InChI=1S/C12H27NO/c1-7-8-13-10(2)9-11(3)14-12(4,5)6/h10-11,13H,7-9H2,1-6H3. The third-order valence-corrected chi connectivity index (χ3v) is 1.98. The average Bonchev–Trinajstić information content (AvgIpc) is 1.96. The lowest BCUT2D eigenvalue weighted by molar-refractivity contribution is -0.0569. The SMILES string of the molecule is CCCNC(C)CC(C)OC(C)(C)C. The van der Waals surface area contributed by atoms with Gasteiger partial charge in [-0.15, -0.1) is 0 Å². The summed E-state index contributed by atoms with van der Waals surface area (Å²) >= 11 is 0. The molecule has 0 fully saturated rings. The topological polar surface area (TPSA) is 21.3 Å². The zero-order valence-electron chi connectivity index (χ0n) is 10.7. The largest absolute Gasteiger partial charge is 0.373 e. The molecule has 1 N–H and O–H groups in total. The molecule has 0 aromatic heterocycles. The fraction of sp³-hybridized carbons (Fsp3) is 1.00. The summed E-state index contributed by atoms with van der Waals surface area (Å²) in [6.45, 7) is 14.0. The van der Waals surface area contributed by atoms with E-state index in [1.807, 2.05) is 0 Å². The lowest BCUT2D eigenvalue weighted by Crippen LogP contribution is -2.33. The van der Waals surface area contributed by atoms with Gasteiger partial charge in [0.05, 0.1) is 11.7 Å². The molecule has 0 amide bonds. The number of nitrogens with one attached hydrogen (secondary N) is 1. The van der Waals surface area contributed by atoms with Gasteiger partial charge >= 0.3 is 0 Å². The van der Waals surface area contributed by atoms with Crippen LogP contribution in [-0.2, 0) is 4.74 Å². The zero-order chi connectivity index (χ0) is 11.2. The molecule has 0 heterocycles. The molecule has 2 heteroatoms. The second-order valence-corrected chi connectivity index (χ2v) is 5.13. The third-order valence-electron chi connectivity index (χ3n) is 1.98. The van der Waals surface area contributed by atoms with Gasteiger partial charge in [-0.05, 0) is 54.0 Å². The predicted molar refractivity (Wildman–Crippen MR) is 62.7 cm³/mol. The Labute approximate surface area is 89.4 Å². The molecule has 14 heavy (non-hydrogen) atoms. The van der Waals surface area contributed by atoms with Gasteiger partial charge in [-0.1, -0.05) is 6.92 Å². The lowest BCUT2D eigenvalue weighted by atomic mass is 10.1. The van der Waals surface area contributed by atoms with Crippen molar-refractivity contribution in [3.05, 3.63) is 0 Å². The average molecular weight is 201 g/mol. The van der Waals surface area contributed by atoms with Crippen LogP contribution in [0.25, 0.3) is 0 Å². The molecule has 0 aromatic rings. The second kappa shape index (κ2) is 6.41. The Morgan fingerprint density at radius 3 is 2.21 bits per heavy atom. The second-order valence-electron chi connectivity index (χ2n) is 5.13. The molecule has 0 saturated carbocycles. The van der Waals surface area contributed by atoms with Crippen LogP contribution in [0.4, 0.5) is 0 Å². The zero-order valence-corrected chi connectivity index (χ0v) is 10.7. The van der Waals surface area contributed by atoms with Crippen molar-refractivity contribution in [2.24, 2.45) is 0 Å². The Morgan fingerprint density at radius 1 is 1.21 bits per heavy atom. The van der Waals surface area contributed by atoms with Crippen LogP contribution in [0.2, 0.25) is 0 Å². The van der Waals surface area contributed by atoms with Crippen LogP contribution in [-0.4, -0.2) is 24.3 Å². The summed E-state index contributed by atoms with van der Waals surface area (Å²) in [6, 6.07) is 0.548. The van der Waals surface area contributed by atoms with Crippen LogP contribution in [0.5, 0.6) is 0 Å². The van der Waals surface area contributed by atoms with Gasteiger partial charge in [0.15, 0.2) is 0 Å². The maximum Gasteiger partial charge on any atom is 0.0602 e. The van der Waals surface area contributed by atoms with Crippen molar-refractivity contribution in [1.82, 2.24) is 5.32 Å². The fourth-order valence-electron chi connectivity index (χ4n) is 1.62. The molecule has 2 nitrogen and oxygen atoms in total. The van der Waals surface area contributed by atoms with Gasteiger partial charge in [-0.25, -0.2) is 0 Å². The summed E-state index contributed by atoms with van der Waals surface area (Å²) in [6.07, 6.45) is 2.60. The summed E-state index contributed by atoms with van der Waals surface area (Å²) in [4.78, 5) is 0. The van der Waals surface area contributed by atoms with Gasteiger partial charge in [0, 0.05) is 6.04 Å². The molecule has 0 aliphatic heterocycles. The third kappa shape index (κ3) is 8.52. The highest BCUT2D eigenvalue weighted by molar-refractivity contribution is 4.68. The Hall–Kier alpha value is -0.0800. The maximum atomic E-state index is 5.85. The molecule has 0 bridgehead atoms. The van der Waals surface area contributed by atoms with Crippen LogP contribution >= 0.6 is 0 Å². The Bertz CT molecular complexity index is 140. The van der Waals surface area contributed by atoms with Gasteiger partial charge in [0.2, 0.25) is 0 Å². The molecule has 86 valence electrons. The highest BCUT2D eigenvalue weighted by Crippen LogP contribution is 2.13. The van der Waals surface area contributed by atoms with Crippen LogP contribution in [0.15, 0.2) is 0 Å². The first-order valence-electron chi connectivity index (χ1n) is 5.76. The molecule has 0 aliphatic carbocycles. The van der Waals surface area contributed by atoms with Gasteiger partial charge in [0.1, 0.15) is 0 Å². The summed E-state index contributed by atoms with van der Waals surface area (Å²) in [5.41, 5.74) is -0.0239. The van der Waals surface area contributed by atoms with E-state index in [2.05, 4.69) is 46.9 Å². The molecular formula is C12H27NO. The van der Waals surface area contributed by atoms with Gasteiger partial charge in [-0.3, -0.25) is 0 Å². The molecule has 0 radical (unpaired) electrons. The number of hydrogen-bond acceptors (Lipinski definition) is 2. The maximum absolute atomic E-state index is 5.85. The summed E-state index contributed by atoms with van der Waals surface area (Å²) < 4.78 is 5.85. The van der Waals surface area contributed by atoms with Gasteiger partial charge < -0.3 is 10.1 Å². The van der Waals surface area contributed by atoms with Crippen LogP contribution in [0.3, 0.4) is 0 Å². The normalized spacial score (nSPS) is 16.7. The number of rotatable bonds is 6. The van der Waals surface area contributed by atoms with E-state index < -0.39 is 0 Å². The Balaban J connectivity index is 3.65. The van der Waals surface area contributed by atoms with Gasteiger partial charge in [0.25, 0.3) is 0 Å². The summed E-state index contributed by atoms with van der Waals surface area (Å²) in [5, 5.41) is 3.47. The predicted octanol–water partition coefficient (Wildman–Crippen LogP) is 2.97. The van der Waals surface area contributed by atoms with Crippen molar-refractivity contribution < 1.29 is 4.74 Å². The molecular weight excluding hydrogens is 174 g/mol. The van der Waals surface area contributed by atoms with Crippen molar-refractivity contribution in [3.8, 4) is 0 Å². The smallest absolute Gasteiger partial charge is 0.0602 e. The molecule has 2 unspecified atom stereocenters. The van der Waals surface area contributed by atoms with E-state index in [-0.39, 0.29) is 5.60 Å². The molecule has 0 aliphatic rings. The van der Waals surface area contributed by atoms with Crippen molar-refractivity contribution in [2.75, 3.05) is 6.54 Å². The van der Waals surface area contributed by atoms with E-state index in [1.165, 1.54) is 6.42 Å². The summed E-state index contributed by atoms with van der Waals surface area (Å²) in [7, 11) is 0. The monoisotopic (exact) mass is 201 g/mol. The quantitative estimate of drug-likeness (QED) is 0.713. The minimum atomic E-state index is -0.0239. The van der Waals surface area contributed by atoms with E-state index in [1.54, 1.807) is 0 Å². The number of ether oxygens (including phenoxy) is 1. The molecule has 0 aromatic carbocycles. The van der Waals surface area contributed by atoms with Crippen molar-refractivity contribution >= 4 is 0 Å². The lowest BCUT2D eigenvalue weighted by Gasteiger charge is -2.27. The Kier molecular flexibility index (Phi) is 6.38. The van der Waals surface area contributed by atoms with Crippen molar-refractivity contribution in [2.45, 2.75) is 72.1 Å². The van der Waals surface area contributed by atoms with Crippen molar-refractivity contribution in [1.29, 1.82) is 0 Å². The first-order valence-corrected chi connectivity index (χ1v) is 5.76. The van der Waals surface area contributed by atoms with Crippen molar-refractivity contribution in [3.63, 3.8) is 0 Å². The first-order chi connectivity index (χ1) is 6.35. The van der Waals surface area contributed by atoms with E-state index >= 15 is 0 Å². The van der Waals surface area contributed by atoms with E-state index in [0.29, 0.717) is 12.1 Å². The van der Waals surface area contributed by atoms with Crippen LogP contribution < -0.4 is 5.32 Å².